The van der Waals surface area contributed by atoms with E-state index in [2.05, 4.69) is 33.7 Å². The van der Waals surface area contributed by atoms with Crippen molar-refractivity contribution in [3.63, 3.8) is 0 Å². The molecule has 150 valence electrons. The Morgan fingerprint density at radius 3 is 2.71 bits per heavy atom. The summed E-state index contributed by atoms with van der Waals surface area (Å²) >= 11 is 6.17. The molecule has 2 N–H and O–H groups in total. The number of pyridine rings is 1. The van der Waals surface area contributed by atoms with Gasteiger partial charge in [-0.25, -0.2) is 4.79 Å². The summed E-state index contributed by atoms with van der Waals surface area (Å²) in [6.07, 6.45) is 5.81. The summed E-state index contributed by atoms with van der Waals surface area (Å²) in [5.41, 5.74) is 2.17. The van der Waals surface area contributed by atoms with Crippen LogP contribution in [0.4, 0.5) is 0 Å². The van der Waals surface area contributed by atoms with Crippen molar-refractivity contribution >= 4 is 30.5 Å². The third kappa shape index (κ3) is 6.03. The zero-order valence-corrected chi connectivity index (χ0v) is 18.1. The fraction of sp³-hybridized carbons (Fsp3) is 0.450. The Hall–Kier alpha value is -1.95. The summed E-state index contributed by atoms with van der Waals surface area (Å²) < 4.78 is 8.53. The molecule has 0 radical (unpaired) electrons. The number of hydrogen-bond donors (Lipinski definition) is 3. The lowest BCUT2D eigenvalue weighted by atomic mass is 9.83. The number of rotatable bonds is 3. The summed E-state index contributed by atoms with van der Waals surface area (Å²) in [5, 5.41) is 12.9. The average molecular weight is 419 g/mol. The molecular formula is C20H26N4O2S2. The largest absolute Gasteiger partial charge is 0.460 e. The second kappa shape index (κ2) is 11.1. The van der Waals surface area contributed by atoms with E-state index in [1.807, 2.05) is 18.0 Å². The molecule has 0 saturated carbocycles. The first-order chi connectivity index (χ1) is 13.5. The molecule has 1 saturated heterocycles. The van der Waals surface area contributed by atoms with Gasteiger partial charge in [-0.05, 0) is 45.2 Å². The van der Waals surface area contributed by atoms with Crippen LogP contribution in [0.2, 0.25) is 0 Å². The number of ether oxygens (including phenoxy) is 1. The number of carbonyl (C=O) groups excluding carboxylic acids is 1. The Bertz CT molecular complexity index is 770. The van der Waals surface area contributed by atoms with E-state index < -0.39 is 11.9 Å². The summed E-state index contributed by atoms with van der Waals surface area (Å²) in [6.45, 7) is 6.55. The molecule has 0 bridgehead atoms. The van der Waals surface area contributed by atoms with Gasteiger partial charge < -0.3 is 10.1 Å². The first-order valence-electron chi connectivity index (χ1n) is 9.22. The molecular weight excluding hydrogens is 392 g/mol. The molecule has 0 aromatic carbocycles. The lowest BCUT2D eigenvalue weighted by molar-refractivity contribution is -0.143. The van der Waals surface area contributed by atoms with Gasteiger partial charge in [0.1, 0.15) is 0 Å². The van der Waals surface area contributed by atoms with Crippen molar-refractivity contribution in [2.75, 3.05) is 12.3 Å². The topological polar surface area (TPSA) is 87.0 Å². The highest BCUT2D eigenvalue weighted by Crippen LogP contribution is 2.38. The highest BCUT2D eigenvalue weighted by atomic mass is 32.2. The van der Waals surface area contributed by atoms with Crippen LogP contribution < -0.4 is 10.0 Å². The molecule has 8 heteroatoms. The van der Waals surface area contributed by atoms with Gasteiger partial charge >= 0.3 is 5.97 Å². The quantitative estimate of drug-likeness (QED) is 0.392. The van der Waals surface area contributed by atoms with Crippen LogP contribution in [0.1, 0.15) is 45.1 Å². The molecule has 2 aliphatic rings. The van der Waals surface area contributed by atoms with Gasteiger partial charge in [0, 0.05) is 30.4 Å². The Balaban J connectivity index is 0.000000397. The minimum absolute atomic E-state index is 0.241. The number of nitrogens with zero attached hydrogens (tertiary/aromatic N) is 2. The van der Waals surface area contributed by atoms with E-state index in [9.17, 15) is 10.1 Å². The van der Waals surface area contributed by atoms with Gasteiger partial charge in [0.15, 0.2) is 0 Å². The van der Waals surface area contributed by atoms with Crippen LogP contribution in [0.3, 0.4) is 0 Å². The molecule has 0 aliphatic carbocycles. The molecule has 1 fully saturated rings. The summed E-state index contributed by atoms with van der Waals surface area (Å²) in [5.74, 6) is 0.334. The normalized spacial score (nSPS) is 19.4. The second-order valence-corrected chi connectivity index (χ2v) is 8.09. The van der Waals surface area contributed by atoms with Crippen molar-refractivity contribution < 1.29 is 9.53 Å². The number of nitriles is 1. The lowest BCUT2D eigenvalue weighted by Crippen LogP contribution is -2.29. The van der Waals surface area contributed by atoms with E-state index >= 15 is 0 Å². The van der Waals surface area contributed by atoms with Gasteiger partial charge in [0.05, 0.1) is 34.3 Å². The third-order valence-corrected chi connectivity index (χ3v) is 5.37. The van der Waals surface area contributed by atoms with Crippen LogP contribution >= 0.6 is 24.6 Å². The fourth-order valence-corrected chi connectivity index (χ4v) is 4.00. The molecule has 0 spiro atoms. The maximum atomic E-state index is 12.5. The first-order valence-corrected chi connectivity index (χ1v) is 10.7. The number of carbonyl (C=O) groups is 1. The number of thiol groups is 1. The van der Waals surface area contributed by atoms with Crippen molar-refractivity contribution in [3.8, 4) is 6.07 Å². The second-order valence-electron chi connectivity index (χ2n) is 6.66. The Labute approximate surface area is 176 Å². The SMILES string of the molecule is C1CCSNC1.CC1=C(C(=O)OC(C)C)C(c2cccnc2)C(C#N)=C(S)N1. The summed E-state index contributed by atoms with van der Waals surface area (Å²) in [4.78, 5) is 16.6. The van der Waals surface area contributed by atoms with E-state index in [-0.39, 0.29) is 6.10 Å². The van der Waals surface area contributed by atoms with Crippen LogP contribution in [0.25, 0.3) is 0 Å². The highest BCUT2D eigenvalue weighted by molar-refractivity contribution is 7.97. The van der Waals surface area contributed by atoms with Crippen LogP contribution in [0, 0.1) is 11.3 Å². The summed E-state index contributed by atoms with van der Waals surface area (Å²) in [7, 11) is 0. The van der Waals surface area contributed by atoms with Crippen LogP contribution in [-0.2, 0) is 9.53 Å². The smallest absolute Gasteiger partial charge is 0.337 e. The maximum absolute atomic E-state index is 12.5. The number of allylic oxidation sites excluding steroid dienone is 2. The van der Waals surface area contributed by atoms with Gasteiger partial charge in [-0.3, -0.25) is 9.71 Å². The van der Waals surface area contributed by atoms with E-state index in [0.717, 1.165) is 5.56 Å². The van der Waals surface area contributed by atoms with E-state index in [0.29, 0.717) is 21.9 Å². The van der Waals surface area contributed by atoms with Crippen molar-refractivity contribution in [2.45, 2.75) is 45.6 Å². The Kier molecular flexibility index (Phi) is 8.90. The molecule has 0 amide bonds. The van der Waals surface area contributed by atoms with Gasteiger partial charge in [0.25, 0.3) is 0 Å². The molecule has 3 rings (SSSR count). The monoisotopic (exact) mass is 418 g/mol. The first kappa shape index (κ1) is 22.3. The molecule has 28 heavy (non-hydrogen) atoms. The van der Waals surface area contributed by atoms with Crippen molar-refractivity contribution in [3.05, 3.63) is 52.0 Å². The zero-order valence-electron chi connectivity index (χ0n) is 16.4. The van der Waals surface area contributed by atoms with Gasteiger partial charge in [0.2, 0.25) is 0 Å². The predicted molar refractivity (Wildman–Crippen MR) is 115 cm³/mol. The molecule has 1 aromatic heterocycles. The summed E-state index contributed by atoms with van der Waals surface area (Å²) in [6, 6.07) is 5.73. The molecule has 1 unspecified atom stereocenters. The number of esters is 1. The van der Waals surface area contributed by atoms with Gasteiger partial charge in [-0.1, -0.05) is 18.0 Å². The molecule has 1 atom stereocenters. The van der Waals surface area contributed by atoms with E-state index in [1.165, 1.54) is 25.1 Å². The molecule has 2 aliphatic heterocycles. The minimum Gasteiger partial charge on any atom is -0.460 e. The number of hydrogen-bond acceptors (Lipinski definition) is 8. The lowest BCUT2D eigenvalue weighted by Gasteiger charge is -2.28. The minimum atomic E-state index is -0.529. The third-order valence-electron chi connectivity index (χ3n) is 4.12. The van der Waals surface area contributed by atoms with Crippen LogP contribution in [-0.4, -0.2) is 29.4 Å². The van der Waals surface area contributed by atoms with Crippen molar-refractivity contribution in [2.24, 2.45) is 0 Å². The van der Waals surface area contributed by atoms with Gasteiger partial charge in [-0.2, -0.15) is 5.26 Å². The maximum Gasteiger partial charge on any atom is 0.337 e. The number of nitrogens with one attached hydrogen (secondary N) is 2. The van der Waals surface area contributed by atoms with E-state index in [1.54, 1.807) is 39.2 Å². The average Bonchev–Trinajstić information content (AvgIpc) is 2.69. The number of aromatic nitrogens is 1. The van der Waals surface area contributed by atoms with E-state index in [4.69, 9.17) is 4.74 Å². The molecule has 1 aromatic rings. The van der Waals surface area contributed by atoms with Crippen LogP contribution in [0.5, 0.6) is 0 Å². The fourth-order valence-electron chi connectivity index (χ4n) is 2.87. The van der Waals surface area contributed by atoms with Crippen LogP contribution in [0.15, 0.2) is 46.4 Å². The zero-order chi connectivity index (χ0) is 20.5. The number of dihydropyridines is 1. The standard InChI is InChI=1S/C16H17N3O2S.C4H9NS/c1-9(2)21-16(20)13-10(3)19-15(22)12(7-17)14(13)11-5-4-6-18-8-11;1-2-4-6-5-3-1/h4-6,8-9,14,19,22H,1-3H3;5H,1-4H2. The van der Waals surface area contributed by atoms with Gasteiger partial charge in [-0.15, -0.1) is 12.6 Å². The Morgan fingerprint density at radius 1 is 1.46 bits per heavy atom. The Morgan fingerprint density at radius 2 is 2.25 bits per heavy atom. The molecule has 3 heterocycles. The molecule has 6 nitrogen and oxygen atoms in total. The highest BCUT2D eigenvalue weighted by Gasteiger charge is 2.35. The predicted octanol–water partition coefficient (Wildman–Crippen LogP) is 3.68. The van der Waals surface area contributed by atoms with Crippen molar-refractivity contribution in [1.82, 2.24) is 15.0 Å². The van der Waals surface area contributed by atoms with Crippen molar-refractivity contribution in [1.29, 1.82) is 5.26 Å².